The van der Waals surface area contributed by atoms with Gasteiger partial charge < -0.3 is 14.2 Å². The molecule has 0 N–H and O–H groups in total. The van der Waals surface area contributed by atoms with E-state index in [0.29, 0.717) is 6.61 Å². The van der Waals surface area contributed by atoms with Crippen LogP contribution in [0, 0.1) is 6.92 Å². The highest BCUT2D eigenvalue weighted by molar-refractivity contribution is 5.68. The summed E-state index contributed by atoms with van der Waals surface area (Å²) in [5.74, 6) is 2.39. The summed E-state index contributed by atoms with van der Waals surface area (Å²) >= 11 is 0. The zero-order valence-electron chi connectivity index (χ0n) is 19.4. The Kier molecular flexibility index (Phi) is 7.33. The average Bonchev–Trinajstić information content (AvgIpc) is 2.85. The van der Waals surface area contributed by atoms with Gasteiger partial charge in [-0.3, -0.25) is 4.90 Å². The van der Waals surface area contributed by atoms with Crippen molar-refractivity contribution in [3.63, 3.8) is 0 Å². The van der Waals surface area contributed by atoms with Gasteiger partial charge in [-0.25, -0.2) is 0 Å². The Morgan fingerprint density at radius 2 is 1.50 bits per heavy atom. The van der Waals surface area contributed by atoms with Crippen LogP contribution in [0.1, 0.15) is 36.0 Å². The molecule has 4 heteroatoms. The van der Waals surface area contributed by atoms with Crippen molar-refractivity contribution in [1.29, 1.82) is 0 Å². The van der Waals surface area contributed by atoms with Crippen LogP contribution in [0.3, 0.4) is 0 Å². The van der Waals surface area contributed by atoms with Crippen molar-refractivity contribution in [2.45, 2.75) is 39.3 Å². The third-order valence-corrected chi connectivity index (χ3v) is 6.34. The molecule has 4 rings (SSSR count). The first kappa shape index (κ1) is 22.2. The molecule has 0 aliphatic carbocycles. The molecule has 0 saturated carbocycles. The van der Waals surface area contributed by atoms with E-state index in [1.807, 2.05) is 18.2 Å². The summed E-state index contributed by atoms with van der Waals surface area (Å²) in [6, 6.07) is 20.8. The fraction of sp³-hybridized carbons (Fsp3) is 0.357. The Morgan fingerprint density at radius 1 is 0.812 bits per heavy atom. The lowest BCUT2D eigenvalue weighted by atomic mass is 9.97. The van der Waals surface area contributed by atoms with Gasteiger partial charge in [0.25, 0.3) is 0 Å². The number of piperidine rings is 1. The van der Waals surface area contributed by atoms with Crippen LogP contribution >= 0.6 is 0 Å². The molecule has 168 valence electrons. The summed E-state index contributed by atoms with van der Waals surface area (Å²) in [5, 5.41) is 0. The Hall–Kier alpha value is -2.98. The number of ether oxygens (including phenoxy) is 3. The smallest absolute Gasteiger partial charge is 0.130 e. The fourth-order valence-corrected chi connectivity index (χ4v) is 4.47. The van der Waals surface area contributed by atoms with Crippen LogP contribution in [-0.4, -0.2) is 32.2 Å². The minimum absolute atomic E-state index is 0.490. The number of nitrogens with zero attached hydrogens (tertiary/aromatic N) is 1. The molecule has 0 aromatic heterocycles. The summed E-state index contributed by atoms with van der Waals surface area (Å²) in [7, 11) is 3.43. The molecule has 0 radical (unpaired) electrons. The molecule has 0 spiro atoms. The SMILES string of the molecule is COc1cc(OCc2cccc(-c3ccccc3)c2C)cc(OC)c1CN1CCCCC1. The Balaban J connectivity index is 1.53. The number of benzene rings is 3. The molecule has 1 aliphatic heterocycles. The lowest BCUT2D eigenvalue weighted by Gasteiger charge is -2.28. The summed E-state index contributed by atoms with van der Waals surface area (Å²) in [5.41, 5.74) is 5.95. The van der Waals surface area contributed by atoms with Crippen molar-refractivity contribution in [3.8, 4) is 28.4 Å². The van der Waals surface area contributed by atoms with Gasteiger partial charge >= 0.3 is 0 Å². The average molecular weight is 432 g/mol. The molecular formula is C28H33NO3. The van der Waals surface area contributed by atoms with Gasteiger partial charge in [-0.15, -0.1) is 0 Å². The van der Waals surface area contributed by atoms with Crippen LogP contribution in [0.5, 0.6) is 17.2 Å². The van der Waals surface area contributed by atoms with E-state index in [9.17, 15) is 0 Å². The molecule has 0 amide bonds. The zero-order valence-corrected chi connectivity index (χ0v) is 19.4. The van der Waals surface area contributed by atoms with Crippen molar-refractivity contribution in [1.82, 2.24) is 4.90 Å². The van der Waals surface area contributed by atoms with Crippen molar-refractivity contribution in [2.75, 3.05) is 27.3 Å². The third kappa shape index (κ3) is 5.08. The van der Waals surface area contributed by atoms with Crippen molar-refractivity contribution in [2.24, 2.45) is 0 Å². The maximum absolute atomic E-state index is 6.22. The molecular weight excluding hydrogens is 398 g/mol. The summed E-state index contributed by atoms with van der Waals surface area (Å²) in [6.07, 6.45) is 3.84. The number of methoxy groups -OCH3 is 2. The zero-order chi connectivity index (χ0) is 22.3. The lowest BCUT2D eigenvalue weighted by molar-refractivity contribution is 0.214. The van der Waals surface area contributed by atoms with Crippen LogP contribution in [0.2, 0.25) is 0 Å². The van der Waals surface area contributed by atoms with E-state index in [1.165, 1.54) is 41.5 Å². The van der Waals surface area contributed by atoms with Gasteiger partial charge in [0.05, 0.1) is 19.8 Å². The number of likely N-dealkylation sites (tertiary alicyclic amines) is 1. The number of hydrogen-bond donors (Lipinski definition) is 0. The third-order valence-electron chi connectivity index (χ3n) is 6.34. The molecule has 0 bridgehead atoms. The molecule has 32 heavy (non-hydrogen) atoms. The topological polar surface area (TPSA) is 30.9 Å². The molecule has 0 unspecified atom stereocenters. The second kappa shape index (κ2) is 10.6. The molecule has 0 atom stereocenters. The van der Waals surface area contributed by atoms with Crippen molar-refractivity contribution < 1.29 is 14.2 Å². The number of hydrogen-bond acceptors (Lipinski definition) is 4. The fourth-order valence-electron chi connectivity index (χ4n) is 4.47. The maximum atomic E-state index is 6.22. The minimum Gasteiger partial charge on any atom is -0.496 e. The summed E-state index contributed by atoms with van der Waals surface area (Å²) in [4.78, 5) is 2.48. The van der Waals surface area contributed by atoms with E-state index in [4.69, 9.17) is 14.2 Å². The second-order valence-electron chi connectivity index (χ2n) is 8.39. The quantitative estimate of drug-likeness (QED) is 0.422. The van der Waals surface area contributed by atoms with Crippen LogP contribution < -0.4 is 14.2 Å². The van der Waals surface area contributed by atoms with Gasteiger partial charge in [0.2, 0.25) is 0 Å². The molecule has 3 aromatic rings. The first-order valence-corrected chi connectivity index (χ1v) is 11.4. The molecule has 1 fully saturated rings. The van der Waals surface area contributed by atoms with Gasteiger partial charge in [-0.05, 0) is 55.1 Å². The molecule has 4 nitrogen and oxygen atoms in total. The standard InChI is InChI=1S/C28H33NO3/c1-21-23(13-10-14-25(21)22-11-6-4-7-12-22)20-32-24-17-27(30-2)26(28(18-24)31-3)19-29-15-8-5-9-16-29/h4,6-7,10-14,17-18H,5,8-9,15-16,19-20H2,1-3H3. The Morgan fingerprint density at radius 3 is 2.16 bits per heavy atom. The van der Waals surface area contributed by atoms with E-state index >= 15 is 0 Å². The van der Waals surface area contributed by atoms with E-state index in [2.05, 4.69) is 54.3 Å². The van der Waals surface area contributed by atoms with E-state index in [-0.39, 0.29) is 0 Å². The highest BCUT2D eigenvalue weighted by Crippen LogP contribution is 2.36. The Bertz CT molecular complexity index is 1000. The van der Waals surface area contributed by atoms with Crippen LogP contribution in [-0.2, 0) is 13.2 Å². The first-order valence-electron chi connectivity index (χ1n) is 11.4. The predicted molar refractivity (Wildman–Crippen MR) is 130 cm³/mol. The van der Waals surface area contributed by atoms with Gasteiger partial charge in [-0.2, -0.15) is 0 Å². The highest BCUT2D eigenvalue weighted by atomic mass is 16.5. The normalized spacial score (nSPS) is 14.2. The largest absolute Gasteiger partial charge is 0.496 e. The van der Waals surface area contributed by atoms with Gasteiger partial charge in [-0.1, -0.05) is 55.0 Å². The molecule has 1 saturated heterocycles. The minimum atomic E-state index is 0.490. The summed E-state index contributed by atoms with van der Waals surface area (Å²) in [6.45, 7) is 5.74. The van der Waals surface area contributed by atoms with Gasteiger partial charge in [0.15, 0.2) is 0 Å². The second-order valence-corrected chi connectivity index (χ2v) is 8.39. The van der Waals surface area contributed by atoms with Crippen LogP contribution in [0.25, 0.3) is 11.1 Å². The predicted octanol–water partition coefficient (Wildman–Crippen LogP) is 6.24. The maximum Gasteiger partial charge on any atom is 0.130 e. The number of rotatable bonds is 8. The van der Waals surface area contributed by atoms with Gasteiger partial charge in [0.1, 0.15) is 23.9 Å². The van der Waals surface area contributed by atoms with Crippen molar-refractivity contribution in [3.05, 3.63) is 77.4 Å². The molecule has 3 aromatic carbocycles. The lowest BCUT2D eigenvalue weighted by Crippen LogP contribution is -2.29. The highest BCUT2D eigenvalue weighted by Gasteiger charge is 2.19. The Labute approximate surface area is 191 Å². The van der Waals surface area contributed by atoms with Crippen LogP contribution in [0.4, 0.5) is 0 Å². The van der Waals surface area contributed by atoms with E-state index in [1.54, 1.807) is 14.2 Å². The molecule has 1 heterocycles. The van der Waals surface area contributed by atoms with Crippen molar-refractivity contribution >= 4 is 0 Å². The van der Waals surface area contributed by atoms with E-state index < -0.39 is 0 Å². The first-order chi connectivity index (χ1) is 15.7. The monoisotopic (exact) mass is 431 g/mol. The molecule has 1 aliphatic rings. The van der Waals surface area contributed by atoms with Gasteiger partial charge in [0, 0.05) is 18.7 Å². The summed E-state index contributed by atoms with van der Waals surface area (Å²) < 4.78 is 17.7. The van der Waals surface area contributed by atoms with E-state index in [0.717, 1.165) is 42.4 Å². The van der Waals surface area contributed by atoms with Crippen LogP contribution in [0.15, 0.2) is 60.7 Å².